The van der Waals surface area contributed by atoms with E-state index in [1.165, 1.54) is 0 Å². The molecule has 0 aliphatic carbocycles. The molecule has 6 nitrogen and oxygen atoms in total. The zero-order valence-corrected chi connectivity index (χ0v) is 11.7. The van der Waals surface area contributed by atoms with E-state index >= 15 is 0 Å². The lowest BCUT2D eigenvalue weighted by Gasteiger charge is -2.45. The molecule has 2 aliphatic heterocycles. The summed E-state index contributed by atoms with van der Waals surface area (Å²) in [5, 5.41) is 12.7. The summed E-state index contributed by atoms with van der Waals surface area (Å²) >= 11 is 0. The Kier molecular flexibility index (Phi) is 3.99. The van der Waals surface area contributed by atoms with Crippen LogP contribution in [0.1, 0.15) is 26.7 Å². The third kappa shape index (κ3) is 2.83. The fourth-order valence-corrected chi connectivity index (χ4v) is 3.10. The van der Waals surface area contributed by atoms with Crippen molar-refractivity contribution >= 4 is 12.0 Å². The van der Waals surface area contributed by atoms with Gasteiger partial charge in [-0.2, -0.15) is 0 Å². The molecule has 0 aromatic carbocycles. The molecule has 0 bridgehead atoms. The molecule has 0 saturated carbocycles. The summed E-state index contributed by atoms with van der Waals surface area (Å²) in [6, 6.07) is -0.842. The average Bonchev–Trinajstić information content (AvgIpc) is 2.37. The van der Waals surface area contributed by atoms with E-state index in [0.29, 0.717) is 19.6 Å². The number of carbonyl (C=O) groups excluding carboxylic acids is 1. The van der Waals surface area contributed by atoms with E-state index in [0.717, 1.165) is 25.9 Å². The van der Waals surface area contributed by atoms with Crippen LogP contribution in [0.3, 0.4) is 0 Å². The molecule has 1 unspecified atom stereocenters. The molecular formula is C13H23N3O3. The van der Waals surface area contributed by atoms with Crippen LogP contribution in [0.2, 0.25) is 0 Å². The lowest BCUT2D eigenvalue weighted by Crippen LogP contribution is -2.61. The number of piperazine rings is 1. The van der Waals surface area contributed by atoms with Crippen molar-refractivity contribution in [2.24, 2.45) is 5.41 Å². The van der Waals surface area contributed by atoms with Gasteiger partial charge in [-0.25, -0.2) is 9.59 Å². The van der Waals surface area contributed by atoms with Gasteiger partial charge in [0.2, 0.25) is 0 Å². The minimum atomic E-state index is -0.895. The summed E-state index contributed by atoms with van der Waals surface area (Å²) in [5.74, 6) is -0.895. The second-order valence-electron chi connectivity index (χ2n) is 6.05. The zero-order chi connectivity index (χ0) is 14.0. The first-order valence-corrected chi connectivity index (χ1v) is 6.92. The van der Waals surface area contributed by atoms with Gasteiger partial charge in [-0.05, 0) is 18.3 Å². The maximum atomic E-state index is 12.5. The first-order chi connectivity index (χ1) is 8.93. The van der Waals surface area contributed by atoms with Gasteiger partial charge in [-0.1, -0.05) is 13.8 Å². The molecule has 1 atom stereocenters. The number of likely N-dealkylation sites (tertiary alicyclic amines) is 1. The standard InChI is InChI=1S/C13H23N3O3/c1-13(2)4-3-7-16(10(13)11(17)18)12(19)15-8-5-14-6-9-15/h10,14H,3-9H2,1-2H3,(H,17,18). The summed E-state index contributed by atoms with van der Waals surface area (Å²) in [6.07, 6.45) is 1.71. The highest BCUT2D eigenvalue weighted by Gasteiger charge is 2.45. The van der Waals surface area contributed by atoms with Crippen LogP contribution in [0.4, 0.5) is 4.79 Å². The minimum Gasteiger partial charge on any atom is -0.480 e. The number of aliphatic carboxylic acids is 1. The molecule has 0 aromatic heterocycles. The molecule has 2 heterocycles. The predicted molar refractivity (Wildman–Crippen MR) is 71.0 cm³/mol. The third-order valence-electron chi connectivity index (χ3n) is 4.14. The van der Waals surface area contributed by atoms with E-state index in [4.69, 9.17) is 0 Å². The molecule has 2 rings (SSSR count). The molecule has 6 heteroatoms. The summed E-state index contributed by atoms with van der Waals surface area (Å²) in [5.41, 5.74) is -0.367. The Labute approximate surface area is 113 Å². The third-order valence-corrected chi connectivity index (χ3v) is 4.14. The van der Waals surface area contributed by atoms with Gasteiger partial charge in [0.25, 0.3) is 0 Å². The molecule has 2 amide bonds. The smallest absolute Gasteiger partial charge is 0.327 e. The maximum absolute atomic E-state index is 12.5. The second kappa shape index (κ2) is 5.36. The number of piperidine rings is 1. The molecule has 0 spiro atoms. The second-order valence-corrected chi connectivity index (χ2v) is 6.05. The summed E-state index contributed by atoms with van der Waals surface area (Å²) in [6.45, 7) is 7.28. The number of hydrogen-bond acceptors (Lipinski definition) is 3. The van der Waals surface area contributed by atoms with Crippen LogP contribution < -0.4 is 5.32 Å². The van der Waals surface area contributed by atoms with Crippen LogP contribution in [0.25, 0.3) is 0 Å². The summed E-state index contributed by atoms with van der Waals surface area (Å²) < 4.78 is 0. The van der Waals surface area contributed by atoms with E-state index in [2.05, 4.69) is 5.32 Å². The zero-order valence-electron chi connectivity index (χ0n) is 11.7. The van der Waals surface area contributed by atoms with Crippen molar-refractivity contribution in [1.82, 2.24) is 15.1 Å². The summed E-state index contributed by atoms with van der Waals surface area (Å²) in [7, 11) is 0. The van der Waals surface area contributed by atoms with Crippen molar-refractivity contribution in [3.63, 3.8) is 0 Å². The van der Waals surface area contributed by atoms with Crippen molar-refractivity contribution in [3.8, 4) is 0 Å². The quantitative estimate of drug-likeness (QED) is 0.730. The van der Waals surface area contributed by atoms with Gasteiger partial charge >= 0.3 is 12.0 Å². The Hall–Kier alpha value is -1.30. The molecular weight excluding hydrogens is 246 g/mol. The van der Waals surface area contributed by atoms with Crippen LogP contribution in [0.15, 0.2) is 0 Å². The number of carboxylic acids is 1. The molecule has 0 aromatic rings. The molecule has 0 radical (unpaired) electrons. The van der Waals surface area contributed by atoms with Gasteiger partial charge in [-0.3, -0.25) is 0 Å². The Morgan fingerprint density at radius 3 is 2.42 bits per heavy atom. The number of nitrogens with one attached hydrogen (secondary N) is 1. The first-order valence-electron chi connectivity index (χ1n) is 6.92. The van der Waals surface area contributed by atoms with Crippen molar-refractivity contribution in [3.05, 3.63) is 0 Å². The Balaban J connectivity index is 2.15. The predicted octanol–water partition coefficient (Wildman–Crippen LogP) is 0.587. The molecule has 2 N–H and O–H groups in total. The van der Waals surface area contributed by atoms with Gasteiger partial charge in [0.1, 0.15) is 6.04 Å². The Morgan fingerprint density at radius 1 is 1.21 bits per heavy atom. The number of hydrogen-bond donors (Lipinski definition) is 2. The van der Waals surface area contributed by atoms with Gasteiger partial charge in [-0.15, -0.1) is 0 Å². The van der Waals surface area contributed by atoms with Crippen molar-refractivity contribution in [2.75, 3.05) is 32.7 Å². The number of carboxylic acid groups (broad SMARTS) is 1. The van der Waals surface area contributed by atoms with E-state index < -0.39 is 12.0 Å². The first kappa shape index (κ1) is 14.1. The minimum absolute atomic E-state index is 0.123. The largest absolute Gasteiger partial charge is 0.480 e. The molecule has 2 fully saturated rings. The fourth-order valence-electron chi connectivity index (χ4n) is 3.10. The van der Waals surface area contributed by atoms with Crippen LogP contribution in [0, 0.1) is 5.41 Å². The van der Waals surface area contributed by atoms with Crippen molar-refractivity contribution in [1.29, 1.82) is 0 Å². The lowest BCUT2D eigenvalue weighted by molar-refractivity contribution is -0.148. The fraction of sp³-hybridized carbons (Fsp3) is 0.846. The van der Waals surface area contributed by atoms with E-state index in [1.807, 2.05) is 13.8 Å². The SMILES string of the molecule is CC1(C)CCCN(C(=O)N2CCNCC2)C1C(=O)O. The highest BCUT2D eigenvalue weighted by atomic mass is 16.4. The maximum Gasteiger partial charge on any atom is 0.327 e. The lowest BCUT2D eigenvalue weighted by atomic mass is 9.76. The van der Waals surface area contributed by atoms with Gasteiger partial charge in [0, 0.05) is 32.7 Å². The average molecular weight is 269 g/mol. The number of amides is 2. The number of carbonyl (C=O) groups is 2. The van der Waals surface area contributed by atoms with Crippen LogP contribution in [-0.2, 0) is 4.79 Å². The van der Waals surface area contributed by atoms with E-state index in [-0.39, 0.29) is 11.4 Å². The number of nitrogens with zero attached hydrogens (tertiary/aromatic N) is 2. The highest BCUT2D eigenvalue weighted by molar-refractivity contribution is 5.83. The van der Waals surface area contributed by atoms with Gasteiger partial charge in [0.05, 0.1) is 0 Å². The highest BCUT2D eigenvalue weighted by Crippen LogP contribution is 2.35. The van der Waals surface area contributed by atoms with Gasteiger partial charge in [0.15, 0.2) is 0 Å². The Morgan fingerprint density at radius 2 is 1.84 bits per heavy atom. The van der Waals surface area contributed by atoms with Crippen LogP contribution >= 0.6 is 0 Å². The molecule has 2 aliphatic rings. The summed E-state index contributed by atoms with van der Waals surface area (Å²) in [4.78, 5) is 27.4. The van der Waals surface area contributed by atoms with Gasteiger partial charge < -0.3 is 20.2 Å². The van der Waals surface area contributed by atoms with E-state index in [9.17, 15) is 14.7 Å². The monoisotopic (exact) mass is 269 g/mol. The molecule has 2 saturated heterocycles. The molecule has 19 heavy (non-hydrogen) atoms. The normalized spacial score (nSPS) is 27.2. The van der Waals surface area contributed by atoms with Crippen LogP contribution in [-0.4, -0.2) is 65.7 Å². The molecule has 108 valence electrons. The Bertz CT molecular complexity index is 364. The topological polar surface area (TPSA) is 72.9 Å². The van der Waals surface area contributed by atoms with Crippen molar-refractivity contribution in [2.45, 2.75) is 32.7 Å². The number of rotatable bonds is 1. The van der Waals surface area contributed by atoms with Crippen LogP contribution in [0.5, 0.6) is 0 Å². The number of urea groups is 1. The van der Waals surface area contributed by atoms with Crippen molar-refractivity contribution < 1.29 is 14.7 Å². The van der Waals surface area contributed by atoms with E-state index in [1.54, 1.807) is 9.80 Å².